The fourth-order valence-electron chi connectivity index (χ4n) is 4.93. The van der Waals surface area contributed by atoms with Gasteiger partial charge in [-0.2, -0.15) is 0 Å². The Kier molecular flexibility index (Phi) is 8.00. The third kappa shape index (κ3) is 6.30. The maximum absolute atomic E-state index is 12.6. The average Bonchev–Trinajstić information content (AvgIpc) is 3.59. The molecule has 1 aromatic carbocycles. The highest BCUT2D eigenvalue weighted by atomic mass is 35.5. The van der Waals surface area contributed by atoms with Gasteiger partial charge in [-0.15, -0.1) is 0 Å². The zero-order chi connectivity index (χ0) is 23.4. The van der Waals surface area contributed by atoms with Gasteiger partial charge >= 0.3 is 0 Å². The number of piperidine rings is 1. The van der Waals surface area contributed by atoms with Crippen molar-refractivity contribution in [3.05, 3.63) is 39.9 Å². The normalized spacial score (nSPS) is 23.4. The van der Waals surface area contributed by atoms with Crippen LogP contribution in [-0.4, -0.2) is 83.5 Å². The third-order valence-electron chi connectivity index (χ3n) is 7.27. The van der Waals surface area contributed by atoms with E-state index < -0.39 is 0 Å². The number of hydrogen-bond acceptors (Lipinski definition) is 4. The van der Waals surface area contributed by atoms with Crippen molar-refractivity contribution in [2.75, 3.05) is 45.8 Å². The summed E-state index contributed by atoms with van der Waals surface area (Å²) in [6.45, 7) is 5.31. The molecule has 3 fully saturated rings. The first kappa shape index (κ1) is 24.5. The highest BCUT2D eigenvalue weighted by molar-refractivity contribution is 6.42. The summed E-state index contributed by atoms with van der Waals surface area (Å²) in [5, 5.41) is 11.1. The lowest BCUT2D eigenvalue weighted by molar-refractivity contribution is -0.130. The van der Waals surface area contributed by atoms with E-state index in [4.69, 9.17) is 23.2 Å². The minimum Gasteiger partial charge on any atom is -0.392 e. The second-order valence-corrected chi connectivity index (χ2v) is 10.4. The van der Waals surface area contributed by atoms with Crippen LogP contribution in [0.5, 0.6) is 0 Å². The standard InChI is InChI=1S/C25H33Cl2N3O3/c26-20-5-3-19(17-21(20)27)4-6-23(32)30-14-8-24(33)29(15-16-30)12-2-1-11-28-13-7-22(31)25(18-28)9-10-25/h3-6,17,22,31H,1-2,7-16,18H2/b6-4+. The first-order valence-electron chi connectivity index (χ1n) is 12.0. The van der Waals surface area contributed by atoms with Crippen molar-refractivity contribution >= 4 is 41.1 Å². The number of halogens is 2. The van der Waals surface area contributed by atoms with Crippen LogP contribution in [0.1, 0.15) is 44.1 Å². The van der Waals surface area contributed by atoms with Crippen LogP contribution in [0.2, 0.25) is 10.0 Å². The van der Waals surface area contributed by atoms with E-state index in [0.29, 0.717) is 36.1 Å². The van der Waals surface area contributed by atoms with Crippen LogP contribution in [0, 0.1) is 5.41 Å². The minimum atomic E-state index is -0.118. The van der Waals surface area contributed by atoms with Gasteiger partial charge in [-0.05, 0) is 62.4 Å². The third-order valence-corrected chi connectivity index (χ3v) is 8.01. The number of rotatable bonds is 7. The molecule has 33 heavy (non-hydrogen) atoms. The number of unbranched alkanes of at least 4 members (excludes halogenated alkanes) is 1. The van der Waals surface area contributed by atoms with Gasteiger partial charge in [0, 0.05) is 57.2 Å². The number of nitrogens with zero attached hydrogens (tertiary/aromatic N) is 3. The summed E-state index contributed by atoms with van der Waals surface area (Å²) < 4.78 is 0. The zero-order valence-electron chi connectivity index (χ0n) is 19.0. The Morgan fingerprint density at radius 3 is 2.64 bits per heavy atom. The zero-order valence-corrected chi connectivity index (χ0v) is 20.5. The van der Waals surface area contributed by atoms with Crippen molar-refractivity contribution in [3.8, 4) is 0 Å². The van der Waals surface area contributed by atoms with Crippen LogP contribution >= 0.6 is 23.2 Å². The summed E-state index contributed by atoms with van der Waals surface area (Å²) in [6, 6.07) is 5.23. The van der Waals surface area contributed by atoms with Crippen molar-refractivity contribution < 1.29 is 14.7 Å². The Bertz CT molecular complexity index is 903. The highest BCUT2D eigenvalue weighted by Crippen LogP contribution is 2.52. The number of benzene rings is 1. The van der Waals surface area contributed by atoms with Crippen molar-refractivity contribution in [1.82, 2.24) is 14.7 Å². The molecule has 0 aromatic heterocycles. The number of amides is 2. The quantitative estimate of drug-likeness (QED) is 0.464. The Morgan fingerprint density at radius 1 is 1.09 bits per heavy atom. The van der Waals surface area contributed by atoms with E-state index in [2.05, 4.69) is 4.90 Å². The van der Waals surface area contributed by atoms with Crippen molar-refractivity contribution in [2.45, 2.75) is 44.6 Å². The molecule has 2 heterocycles. The van der Waals surface area contributed by atoms with Gasteiger partial charge in [-0.1, -0.05) is 29.3 Å². The van der Waals surface area contributed by atoms with Gasteiger partial charge in [-0.25, -0.2) is 0 Å². The van der Waals surface area contributed by atoms with E-state index in [-0.39, 0.29) is 23.3 Å². The van der Waals surface area contributed by atoms with Gasteiger partial charge in [-0.3, -0.25) is 9.59 Å². The molecule has 1 aliphatic carbocycles. The van der Waals surface area contributed by atoms with Gasteiger partial charge in [0.25, 0.3) is 0 Å². The minimum absolute atomic E-state index is 0.1000. The van der Waals surface area contributed by atoms with Crippen LogP contribution in [0.3, 0.4) is 0 Å². The van der Waals surface area contributed by atoms with Gasteiger partial charge in [0.1, 0.15) is 0 Å². The summed E-state index contributed by atoms with van der Waals surface area (Å²) in [5.74, 6) is 0.0220. The van der Waals surface area contributed by atoms with Crippen molar-refractivity contribution in [2.24, 2.45) is 5.41 Å². The largest absolute Gasteiger partial charge is 0.392 e. The van der Waals surface area contributed by atoms with Crippen LogP contribution < -0.4 is 0 Å². The van der Waals surface area contributed by atoms with E-state index in [1.54, 1.807) is 23.1 Å². The predicted octanol–water partition coefficient (Wildman–Crippen LogP) is 3.69. The van der Waals surface area contributed by atoms with E-state index >= 15 is 0 Å². The molecular formula is C25H33Cl2N3O3. The Balaban J connectivity index is 1.19. The predicted molar refractivity (Wildman–Crippen MR) is 131 cm³/mol. The van der Waals surface area contributed by atoms with Gasteiger partial charge in [0.2, 0.25) is 11.8 Å². The van der Waals surface area contributed by atoms with Crippen molar-refractivity contribution in [3.63, 3.8) is 0 Å². The average molecular weight is 494 g/mol. The summed E-state index contributed by atoms with van der Waals surface area (Å²) in [6.07, 6.45) is 8.70. The molecule has 3 aliphatic rings. The summed E-state index contributed by atoms with van der Waals surface area (Å²) >= 11 is 12.0. The fourth-order valence-corrected chi connectivity index (χ4v) is 5.24. The van der Waals surface area contributed by atoms with Crippen molar-refractivity contribution in [1.29, 1.82) is 0 Å². The van der Waals surface area contributed by atoms with E-state index in [0.717, 1.165) is 63.8 Å². The van der Waals surface area contributed by atoms with Gasteiger partial charge < -0.3 is 19.8 Å². The first-order chi connectivity index (χ1) is 15.9. The molecule has 0 bridgehead atoms. The Hall–Kier alpha value is -1.60. The number of hydrogen-bond donors (Lipinski definition) is 1. The maximum Gasteiger partial charge on any atom is 0.246 e. The second kappa shape index (κ2) is 10.8. The Labute approximate surface area is 206 Å². The number of likely N-dealkylation sites (tertiary alicyclic amines) is 1. The molecule has 1 atom stereocenters. The van der Waals surface area contributed by atoms with Gasteiger partial charge in [0.05, 0.1) is 16.1 Å². The van der Waals surface area contributed by atoms with E-state index in [1.807, 2.05) is 11.0 Å². The van der Waals surface area contributed by atoms with E-state index in [1.165, 1.54) is 6.08 Å². The molecule has 1 spiro atoms. The number of carbonyl (C=O) groups is 2. The molecule has 4 rings (SSSR count). The molecule has 1 aromatic rings. The molecule has 180 valence electrons. The number of aliphatic hydroxyl groups excluding tert-OH is 1. The lowest BCUT2D eigenvalue weighted by atomic mass is 9.91. The lowest BCUT2D eigenvalue weighted by Gasteiger charge is -2.36. The molecule has 0 radical (unpaired) electrons. The first-order valence-corrected chi connectivity index (χ1v) is 12.7. The topological polar surface area (TPSA) is 64.1 Å². The van der Waals surface area contributed by atoms with Crippen LogP contribution in [0.4, 0.5) is 0 Å². The monoisotopic (exact) mass is 493 g/mol. The second-order valence-electron chi connectivity index (χ2n) is 9.61. The summed E-state index contributed by atoms with van der Waals surface area (Å²) in [4.78, 5) is 31.3. The van der Waals surface area contributed by atoms with Crippen LogP contribution in [-0.2, 0) is 9.59 Å². The molecule has 1 unspecified atom stereocenters. The molecular weight excluding hydrogens is 461 g/mol. The Morgan fingerprint density at radius 2 is 1.88 bits per heavy atom. The number of aliphatic hydroxyl groups is 1. The smallest absolute Gasteiger partial charge is 0.246 e. The highest BCUT2D eigenvalue weighted by Gasteiger charge is 2.51. The summed E-state index contributed by atoms with van der Waals surface area (Å²) in [7, 11) is 0. The SMILES string of the molecule is O=C(/C=C/c1ccc(Cl)c(Cl)c1)N1CCC(=O)N(CCCCN2CCC(O)C3(CC3)C2)CC1. The number of carbonyl (C=O) groups excluding carboxylic acids is 2. The lowest BCUT2D eigenvalue weighted by Crippen LogP contribution is -2.45. The van der Waals surface area contributed by atoms with E-state index in [9.17, 15) is 14.7 Å². The van der Waals surface area contributed by atoms with Gasteiger partial charge in [0.15, 0.2) is 0 Å². The molecule has 8 heteroatoms. The van der Waals surface area contributed by atoms with Crippen LogP contribution in [0.25, 0.3) is 6.08 Å². The molecule has 1 saturated carbocycles. The molecule has 1 N–H and O–H groups in total. The summed E-state index contributed by atoms with van der Waals surface area (Å²) in [5.41, 5.74) is 0.990. The molecule has 2 amide bonds. The molecule has 6 nitrogen and oxygen atoms in total. The maximum atomic E-state index is 12.6. The van der Waals surface area contributed by atoms with Crippen LogP contribution in [0.15, 0.2) is 24.3 Å². The molecule has 2 saturated heterocycles. The molecule has 2 aliphatic heterocycles. The fraction of sp³-hybridized carbons (Fsp3) is 0.600.